The number of carboxylic acids is 1. The number of carboxylic acid groups (broad SMARTS) is 1. The molecule has 1 aliphatic heterocycles. The van der Waals surface area contributed by atoms with Gasteiger partial charge in [0.25, 0.3) is 5.91 Å². The van der Waals surface area contributed by atoms with Crippen molar-refractivity contribution in [2.24, 2.45) is 11.8 Å². The number of rotatable bonds is 9. The van der Waals surface area contributed by atoms with Crippen LogP contribution in [0.15, 0.2) is 54.7 Å². The molecule has 260 valence electrons. The van der Waals surface area contributed by atoms with E-state index in [9.17, 15) is 14.7 Å². The van der Waals surface area contributed by atoms with Gasteiger partial charge in [0.1, 0.15) is 11.3 Å². The number of nitrogens with zero attached hydrogens (tertiary/aromatic N) is 2. The highest BCUT2D eigenvalue weighted by Gasteiger charge is 2.54. The fraction of sp³-hybridized carbons (Fsp3) is 0.537. The highest BCUT2D eigenvalue weighted by molar-refractivity contribution is 6.30. The lowest BCUT2D eigenvalue weighted by Gasteiger charge is -2.47. The van der Waals surface area contributed by atoms with Crippen molar-refractivity contribution in [3.63, 3.8) is 0 Å². The summed E-state index contributed by atoms with van der Waals surface area (Å²) >= 11 is 6.28. The van der Waals surface area contributed by atoms with Gasteiger partial charge in [-0.3, -0.25) is 9.78 Å². The third kappa shape index (κ3) is 6.68. The second kappa shape index (κ2) is 14.0. The Kier molecular flexibility index (Phi) is 9.66. The maximum Gasteiger partial charge on any atom is 0.329 e. The van der Waals surface area contributed by atoms with Crippen LogP contribution in [0.2, 0.25) is 5.02 Å². The zero-order valence-corrected chi connectivity index (χ0v) is 29.7. The first kappa shape index (κ1) is 33.9. The summed E-state index contributed by atoms with van der Waals surface area (Å²) in [5.41, 5.74) is 5.21. The Bertz CT molecular complexity index is 1690. The lowest BCUT2D eigenvalue weighted by Crippen LogP contribution is -2.53. The predicted octanol–water partition coefficient (Wildman–Crippen LogP) is 8.83. The van der Waals surface area contributed by atoms with Crippen LogP contribution in [0.3, 0.4) is 0 Å². The molecule has 3 aromatic rings. The van der Waals surface area contributed by atoms with Crippen LogP contribution in [-0.4, -0.2) is 52.1 Å². The molecule has 0 unspecified atom stereocenters. The van der Waals surface area contributed by atoms with Gasteiger partial charge in [-0.25, -0.2) is 4.79 Å². The monoisotopic (exact) mass is 683 g/mol. The molecular formula is C41H50ClN3O4. The number of amides is 1. The number of benzene rings is 2. The van der Waals surface area contributed by atoms with E-state index in [0.29, 0.717) is 42.2 Å². The van der Waals surface area contributed by atoms with Crippen LogP contribution >= 0.6 is 11.6 Å². The van der Waals surface area contributed by atoms with Gasteiger partial charge in [-0.05, 0) is 148 Å². The van der Waals surface area contributed by atoms with Gasteiger partial charge in [0.2, 0.25) is 0 Å². The quantitative estimate of drug-likeness (QED) is 0.234. The Morgan fingerprint density at radius 2 is 1.86 bits per heavy atom. The zero-order chi connectivity index (χ0) is 34.2. The molecular weight excluding hydrogens is 634 g/mol. The maximum atomic E-state index is 13.7. The van der Waals surface area contributed by atoms with Crippen molar-refractivity contribution in [1.82, 2.24) is 9.88 Å². The van der Waals surface area contributed by atoms with Crippen molar-refractivity contribution in [3.05, 3.63) is 87.7 Å². The van der Waals surface area contributed by atoms with Gasteiger partial charge in [-0.1, -0.05) is 37.6 Å². The number of likely N-dealkylation sites (tertiary alicyclic amines) is 1. The Morgan fingerprint density at radius 3 is 2.61 bits per heavy atom. The standard InChI is InChI=1S/C41H50ClN3O4/c1-27(26-49-36-14-19-43-35-11-6-8-28(2)37(35)36)22-31-23-29-12-13-30(38(46)45-20-4-3-5-21-45)24-34(29)40(31)15-17-41(18-16-40,39(47)48)44-33-10-7-9-32(42)25-33/h7,9-10,12-14,19,24-25,27-28,31,44H,3-6,8,11,15-18,20-23,26H2,1-2H3,(H,47,48)/t27-,28-,31+,40?,41?/m1/s1. The van der Waals surface area contributed by atoms with Crippen LogP contribution in [0.1, 0.15) is 117 Å². The molecule has 1 spiro atoms. The number of hydrogen-bond acceptors (Lipinski definition) is 5. The molecule has 1 saturated carbocycles. The number of fused-ring (bicyclic) bond motifs is 3. The van der Waals surface area contributed by atoms with Crippen LogP contribution in [0.25, 0.3) is 0 Å². The van der Waals surface area contributed by atoms with Crippen molar-refractivity contribution in [1.29, 1.82) is 0 Å². The van der Waals surface area contributed by atoms with Crippen molar-refractivity contribution in [2.75, 3.05) is 25.0 Å². The molecule has 0 radical (unpaired) electrons. The summed E-state index contributed by atoms with van der Waals surface area (Å²) in [5.74, 6) is 1.34. The molecule has 2 fully saturated rings. The minimum Gasteiger partial charge on any atom is -0.493 e. The molecule has 0 bridgehead atoms. The molecule has 1 aromatic heterocycles. The summed E-state index contributed by atoms with van der Waals surface area (Å²) in [5, 5.41) is 14.6. The lowest BCUT2D eigenvalue weighted by atomic mass is 9.59. The van der Waals surface area contributed by atoms with Crippen LogP contribution in [0.4, 0.5) is 5.69 Å². The average Bonchev–Trinajstić information content (AvgIpc) is 3.39. The number of piperidine rings is 1. The fourth-order valence-corrected chi connectivity index (χ4v) is 9.70. The third-order valence-corrected chi connectivity index (χ3v) is 12.4. The number of hydrogen-bond donors (Lipinski definition) is 2. The number of aromatic nitrogens is 1. The molecule has 1 amide bonds. The zero-order valence-electron chi connectivity index (χ0n) is 29.0. The van der Waals surface area contributed by atoms with Gasteiger partial charge in [-0.15, -0.1) is 0 Å². The van der Waals surface area contributed by atoms with Crippen molar-refractivity contribution >= 4 is 29.2 Å². The van der Waals surface area contributed by atoms with Gasteiger partial charge >= 0.3 is 5.97 Å². The first-order valence-corrected chi connectivity index (χ1v) is 18.9. The number of ether oxygens (including phenoxy) is 1. The van der Waals surface area contributed by atoms with E-state index in [4.69, 9.17) is 16.3 Å². The van der Waals surface area contributed by atoms with Crippen molar-refractivity contribution < 1.29 is 19.4 Å². The molecule has 49 heavy (non-hydrogen) atoms. The molecule has 4 aliphatic rings. The first-order chi connectivity index (χ1) is 23.7. The van der Waals surface area contributed by atoms with Crippen molar-refractivity contribution in [2.45, 2.75) is 108 Å². The van der Waals surface area contributed by atoms with Crippen LogP contribution in [0, 0.1) is 11.8 Å². The van der Waals surface area contributed by atoms with Gasteiger partial charge in [0.15, 0.2) is 0 Å². The number of nitrogens with one attached hydrogen (secondary N) is 1. The number of aryl methyl sites for hydroxylation is 1. The summed E-state index contributed by atoms with van der Waals surface area (Å²) in [6.07, 6.45) is 12.9. The molecule has 1 saturated heterocycles. The number of pyridine rings is 1. The predicted molar refractivity (Wildman–Crippen MR) is 194 cm³/mol. The van der Waals surface area contributed by atoms with E-state index in [1.54, 1.807) is 12.1 Å². The minimum absolute atomic E-state index is 0.121. The highest BCUT2D eigenvalue weighted by atomic mass is 35.5. The summed E-state index contributed by atoms with van der Waals surface area (Å²) in [6, 6.07) is 15.7. The Morgan fingerprint density at radius 1 is 1.06 bits per heavy atom. The fourth-order valence-electron chi connectivity index (χ4n) is 9.51. The summed E-state index contributed by atoms with van der Waals surface area (Å²) in [7, 11) is 0. The molecule has 2 N–H and O–H groups in total. The molecule has 2 heterocycles. The van der Waals surface area contributed by atoms with Crippen molar-refractivity contribution in [3.8, 4) is 5.75 Å². The topological polar surface area (TPSA) is 91.8 Å². The molecule has 3 atom stereocenters. The Labute approximate surface area is 295 Å². The lowest BCUT2D eigenvalue weighted by molar-refractivity contribution is -0.144. The second-order valence-corrected chi connectivity index (χ2v) is 15.9. The number of halogens is 1. The van der Waals surface area contributed by atoms with Crippen LogP contribution in [0.5, 0.6) is 5.75 Å². The summed E-state index contributed by atoms with van der Waals surface area (Å²) in [6.45, 7) is 6.82. The largest absolute Gasteiger partial charge is 0.493 e. The van der Waals surface area contributed by atoms with E-state index >= 15 is 0 Å². The number of carbonyl (C=O) groups excluding carboxylic acids is 1. The SMILES string of the molecule is C[C@@H](COc1ccnc2c1[C@H](C)CCC2)C[C@H]1Cc2ccc(C(=O)N3CCCCC3)cc2C12CCC(Nc1cccc(Cl)c1)(C(=O)O)CC2. The molecule has 7 rings (SSSR count). The van der Waals surface area contributed by atoms with E-state index in [-0.39, 0.29) is 11.3 Å². The maximum absolute atomic E-state index is 13.7. The normalized spacial score (nSPS) is 26.9. The number of aliphatic carboxylic acids is 1. The second-order valence-electron chi connectivity index (χ2n) is 15.4. The third-order valence-electron chi connectivity index (χ3n) is 12.2. The van der Waals surface area contributed by atoms with E-state index < -0.39 is 11.5 Å². The molecule has 7 nitrogen and oxygen atoms in total. The van der Waals surface area contributed by atoms with Gasteiger partial charge in [-0.2, -0.15) is 0 Å². The smallest absolute Gasteiger partial charge is 0.329 e. The Balaban J connectivity index is 1.15. The number of carbonyl (C=O) groups is 2. The number of anilines is 1. The first-order valence-electron chi connectivity index (χ1n) is 18.5. The van der Waals surface area contributed by atoms with Crippen LogP contribution in [-0.2, 0) is 23.1 Å². The average molecular weight is 684 g/mol. The summed E-state index contributed by atoms with van der Waals surface area (Å²) < 4.78 is 6.57. The van der Waals surface area contributed by atoms with Gasteiger partial charge in [0.05, 0.1) is 6.61 Å². The highest BCUT2D eigenvalue weighted by Crippen LogP contribution is 2.56. The Hall–Kier alpha value is -3.58. The van der Waals surface area contributed by atoms with E-state index in [1.807, 2.05) is 35.4 Å². The van der Waals surface area contributed by atoms with E-state index in [1.165, 1.54) is 41.6 Å². The van der Waals surface area contributed by atoms with Gasteiger partial charge < -0.3 is 20.1 Å². The van der Waals surface area contributed by atoms with Crippen LogP contribution < -0.4 is 10.1 Å². The summed E-state index contributed by atoms with van der Waals surface area (Å²) in [4.78, 5) is 33.3. The van der Waals surface area contributed by atoms with Gasteiger partial charge in [0, 0.05) is 46.8 Å². The van der Waals surface area contributed by atoms with E-state index in [0.717, 1.165) is 75.0 Å². The molecule has 8 heteroatoms. The molecule has 3 aliphatic carbocycles. The minimum atomic E-state index is -1.09. The molecule has 2 aromatic carbocycles. The van der Waals surface area contributed by atoms with E-state index in [2.05, 4.69) is 36.3 Å².